The van der Waals surface area contributed by atoms with Crippen molar-refractivity contribution in [1.29, 1.82) is 0 Å². The highest BCUT2D eigenvalue weighted by Gasteiger charge is 2.25. The summed E-state index contributed by atoms with van der Waals surface area (Å²) in [5, 5.41) is 8.47. The normalized spacial score (nSPS) is 18.3. The van der Waals surface area contributed by atoms with Crippen molar-refractivity contribution in [3.63, 3.8) is 0 Å². The first kappa shape index (κ1) is 30.3. The van der Waals surface area contributed by atoms with E-state index in [0.29, 0.717) is 45.3 Å². The number of nitrogens with one attached hydrogen (secondary N) is 2. The number of rotatable bonds is 9. The molecule has 226 valence electrons. The molecule has 2 atom stereocenters. The molecule has 2 aromatic carbocycles. The first-order chi connectivity index (χ1) is 20.9. The van der Waals surface area contributed by atoms with E-state index in [-0.39, 0.29) is 22.1 Å². The number of halogens is 2. The maximum absolute atomic E-state index is 14.2. The van der Waals surface area contributed by atoms with Crippen molar-refractivity contribution in [1.82, 2.24) is 19.9 Å². The van der Waals surface area contributed by atoms with E-state index >= 15 is 0 Å². The molecule has 0 spiro atoms. The van der Waals surface area contributed by atoms with Crippen LogP contribution in [0, 0.1) is 0 Å². The van der Waals surface area contributed by atoms with E-state index in [4.69, 9.17) is 32.9 Å². The molecule has 1 aliphatic carbocycles. The van der Waals surface area contributed by atoms with E-state index in [0.717, 1.165) is 60.5 Å². The minimum Gasteiger partial charge on any atom is -0.384 e. The van der Waals surface area contributed by atoms with E-state index in [9.17, 15) is 4.79 Å². The molecule has 6 rings (SSSR count). The number of piperidine rings is 1. The summed E-state index contributed by atoms with van der Waals surface area (Å²) in [5.41, 5.74) is 3.71. The van der Waals surface area contributed by atoms with Gasteiger partial charge in [0.1, 0.15) is 5.65 Å². The second kappa shape index (κ2) is 13.5. The van der Waals surface area contributed by atoms with Crippen molar-refractivity contribution in [3.8, 4) is 11.1 Å². The predicted molar refractivity (Wildman–Crippen MR) is 181 cm³/mol. The van der Waals surface area contributed by atoms with Gasteiger partial charge in [0.15, 0.2) is 0 Å². The highest BCUT2D eigenvalue weighted by Crippen LogP contribution is 2.40. The van der Waals surface area contributed by atoms with Gasteiger partial charge in [-0.1, -0.05) is 54.0 Å². The molecule has 2 unspecified atom stereocenters. The summed E-state index contributed by atoms with van der Waals surface area (Å²) in [6.45, 7) is 2.72. The van der Waals surface area contributed by atoms with E-state index in [1.165, 1.54) is 18.4 Å². The maximum atomic E-state index is 14.2. The summed E-state index contributed by atoms with van der Waals surface area (Å²) >= 11 is 13.7. The molecule has 4 aromatic rings. The van der Waals surface area contributed by atoms with Crippen molar-refractivity contribution in [2.24, 2.45) is 0 Å². The lowest BCUT2D eigenvalue weighted by Gasteiger charge is -2.23. The molecule has 2 aliphatic rings. The molecule has 3 heterocycles. The number of hydrogen-bond donors (Lipinski definition) is 2. The van der Waals surface area contributed by atoms with Crippen LogP contribution in [-0.2, 0) is 4.74 Å². The Bertz CT molecular complexity index is 1670. The van der Waals surface area contributed by atoms with Gasteiger partial charge in [0.05, 0.1) is 22.2 Å². The Kier molecular flexibility index (Phi) is 9.50. The highest BCUT2D eigenvalue weighted by atomic mass is 35.5. The summed E-state index contributed by atoms with van der Waals surface area (Å²) in [6, 6.07) is 14.1. The molecule has 1 saturated carbocycles. The number of hydrogen-bond acceptors (Lipinski definition) is 6. The van der Waals surface area contributed by atoms with Crippen molar-refractivity contribution in [2.75, 3.05) is 37.9 Å². The summed E-state index contributed by atoms with van der Waals surface area (Å²) in [6.07, 6.45) is 8.18. The molecule has 2 N–H and O–H groups in total. The van der Waals surface area contributed by atoms with Gasteiger partial charge in [-0.05, 0) is 74.0 Å². The van der Waals surface area contributed by atoms with Crippen molar-refractivity contribution >= 4 is 62.2 Å². The smallest absolute Gasteiger partial charge is 0.260 e. The quantitative estimate of drug-likeness (QED) is 0.182. The predicted octanol–water partition coefficient (Wildman–Crippen LogP) is 7.80. The Morgan fingerprint density at radius 3 is 2.51 bits per heavy atom. The molecule has 1 saturated heterocycles. The maximum Gasteiger partial charge on any atom is 0.260 e. The van der Waals surface area contributed by atoms with Crippen LogP contribution >= 0.6 is 33.7 Å². The van der Waals surface area contributed by atoms with Crippen LogP contribution in [0.1, 0.15) is 56.0 Å². The number of fused-ring (bicyclic) bond motifs is 1. The van der Waals surface area contributed by atoms with Gasteiger partial charge in [-0.15, -0.1) is 0 Å². The zero-order valence-electron chi connectivity index (χ0n) is 24.4. The SMILES string of the molecule is C=S(CCOC)c1cc(Cl)c(-c2cc3cnc(Nc4ccc(C5CCCNC5)cc4)nc3n(C3CCCC3)c2=O)c(Cl)c1. The van der Waals surface area contributed by atoms with Gasteiger partial charge in [-0.25, -0.2) is 4.98 Å². The van der Waals surface area contributed by atoms with Gasteiger partial charge in [-0.2, -0.15) is 15.5 Å². The van der Waals surface area contributed by atoms with Crippen LogP contribution in [0.3, 0.4) is 0 Å². The Balaban J connectivity index is 1.36. The van der Waals surface area contributed by atoms with E-state index in [1.54, 1.807) is 13.3 Å². The molecule has 0 amide bonds. The van der Waals surface area contributed by atoms with Crippen molar-refractivity contribution in [3.05, 3.63) is 74.6 Å². The van der Waals surface area contributed by atoms with Crippen LogP contribution in [-0.4, -0.2) is 53.0 Å². The molecule has 43 heavy (non-hydrogen) atoms. The van der Waals surface area contributed by atoms with Gasteiger partial charge < -0.3 is 15.4 Å². The van der Waals surface area contributed by atoms with Crippen LogP contribution in [0.15, 0.2) is 58.4 Å². The number of benzene rings is 2. The molecular weight excluding hydrogens is 601 g/mol. The Labute approximate surface area is 264 Å². The van der Waals surface area contributed by atoms with Gasteiger partial charge >= 0.3 is 0 Å². The number of ether oxygens (including phenoxy) is 1. The van der Waals surface area contributed by atoms with E-state index in [1.807, 2.05) is 22.8 Å². The highest BCUT2D eigenvalue weighted by molar-refractivity contribution is 8.14. The number of anilines is 2. The Hall–Kier alpha value is -2.75. The first-order valence-corrected chi connectivity index (χ1v) is 17.2. The zero-order valence-corrected chi connectivity index (χ0v) is 26.7. The monoisotopic (exact) mass is 637 g/mol. The molecule has 2 fully saturated rings. The van der Waals surface area contributed by atoms with Gasteiger partial charge in [0.25, 0.3) is 5.56 Å². The molecule has 2 aromatic heterocycles. The Morgan fingerprint density at radius 2 is 1.84 bits per heavy atom. The van der Waals surface area contributed by atoms with Crippen LogP contribution in [0.25, 0.3) is 22.2 Å². The zero-order chi connectivity index (χ0) is 29.9. The second-order valence-corrected chi connectivity index (χ2v) is 14.1. The number of methoxy groups -OCH3 is 1. The first-order valence-electron chi connectivity index (χ1n) is 14.9. The average molecular weight is 639 g/mol. The fourth-order valence-electron chi connectivity index (χ4n) is 6.24. The lowest BCUT2D eigenvalue weighted by molar-refractivity contribution is 0.218. The third-order valence-electron chi connectivity index (χ3n) is 8.55. The fourth-order valence-corrected chi connectivity index (χ4v) is 8.23. The van der Waals surface area contributed by atoms with Crippen LogP contribution in [0.4, 0.5) is 11.6 Å². The van der Waals surface area contributed by atoms with Gasteiger partial charge in [-0.3, -0.25) is 9.36 Å². The third-order valence-corrected chi connectivity index (χ3v) is 10.7. The molecule has 0 radical (unpaired) electrons. The summed E-state index contributed by atoms with van der Waals surface area (Å²) in [5.74, 6) is 6.03. The van der Waals surface area contributed by atoms with Crippen LogP contribution < -0.4 is 16.2 Å². The average Bonchev–Trinajstić information content (AvgIpc) is 3.55. The van der Waals surface area contributed by atoms with Gasteiger partial charge in [0, 0.05) is 53.2 Å². The minimum atomic E-state index is -0.332. The minimum absolute atomic E-state index is 0.0534. The number of aromatic nitrogens is 3. The Morgan fingerprint density at radius 1 is 1.09 bits per heavy atom. The fraction of sp³-hybridized carbons (Fsp3) is 0.394. The van der Waals surface area contributed by atoms with Gasteiger partial charge in [0.2, 0.25) is 5.95 Å². The second-order valence-electron chi connectivity index (χ2n) is 11.4. The van der Waals surface area contributed by atoms with Crippen LogP contribution in [0.2, 0.25) is 10.0 Å². The summed E-state index contributed by atoms with van der Waals surface area (Å²) in [4.78, 5) is 24.7. The molecule has 10 heteroatoms. The third kappa shape index (κ3) is 6.54. The van der Waals surface area contributed by atoms with Crippen molar-refractivity contribution in [2.45, 2.75) is 55.4 Å². The molecular formula is C33H37Cl2N5O2S. The topological polar surface area (TPSA) is 81.1 Å². The van der Waals surface area contributed by atoms with Crippen LogP contribution in [0.5, 0.6) is 0 Å². The lowest BCUT2D eigenvalue weighted by Crippen LogP contribution is -2.28. The molecule has 7 nitrogen and oxygen atoms in total. The summed E-state index contributed by atoms with van der Waals surface area (Å²) in [7, 11) is 1.34. The van der Waals surface area contributed by atoms with E-state index in [2.05, 4.69) is 45.8 Å². The molecule has 0 bridgehead atoms. The molecule has 1 aliphatic heterocycles. The summed E-state index contributed by atoms with van der Waals surface area (Å²) < 4.78 is 7.06. The largest absolute Gasteiger partial charge is 0.384 e. The van der Waals surface area contributed by atoms with Crippen molar-refractivity contribution < 1.29 is 4.74 Å². The lowest BCUT2D eigenvalue weighted by atomic mass is 9.92. The number of nitrogens with zero attached hydrogens (tertiary/aromatic N) is 3. The van der Waals surface area contributed by atoms with E-state index < -0.39 is 0 Å². The number of pyridine rings is 1. The standard InChI is InChI=1S/C33H37Cl2N5O2S/c1-42-14-15-43(2)26-17-28(34)30(29(35)18-26)27-16-23-20-37-33(39-31(23)40(32(27)41)25-7-3-4-8-25)38-24-11-9-21(10-12-24)22-6-5-13-36-19-22/h9-12,16-18,20,22,25,36H,2-8,13-15,19H2,1H3,(H,37,38,39).